The third-order valence-corrected chi connectivity index (χ3v) is 3.46. The summed E-state index contributed by atoms with van der Waals surface area (Å²) in [5.41, 5.74) is 6.25. The summed E-state index contributed by atoms with van der Waals surface area (Å²) in [6.45, 7) is 5.77. The lowest BCUT2D eigenvalue weighted by Gasteiger charge is -2.20. The van der Waals surface area contributed by atoms with Crippen molar-refractivity contribution in [1.29, 1.82) is 0 Å². The van der Waals surface area contributed by atoms with E-state index in [1.807, 2.05) is 6.92 Å². The molecule has 0 radical (unpaired) electrons. The first-order valence-corrected chi connectivity index (χ1v) is 6.95. The van der Waals surface area contributed by atoms with Gasteiger partial charge in [0.2, 0.25) is 5.91 Å². The number of rotatable bonds is 4. The smallest absolute Gasteiger partial charge is 0.274 e. The number of aromatic nitrogens is 2. The van der Waals surface area contributed by atoms with Crippen LogP contribution in [0.3, 0.4) is 0 Å². The molecule has 0 spiro atoms. The van der Waals surface area contributed by atoms with Crippen molar-refractivity contribution in [1.82, 2.24) is 20.0 Å². The number of likely N-dealkylation sites (tertiary alicyclic amines) is 1. The van der Waals surface area contributed by atoms with E-state index in [9.17, 15) is 9.59 Å². The predicted molar refractivity (Wildman–Crippen MR) is 75.1 cm³/mol. The number of amides is 2. The van der Waals surface area contributed by atoms with Gasteiger partial charge in [-0.05, 0) is 26.7 Å². The molecule has 1 unspecified atom stereocenters. The highest BCUT2D eigenvalue weighted by atomic mass is 16.2. The van der Waals surface area contributed by atoms with E-state index < -0.39 is 11.9 Å². The van der Waals surface area contributed by atoms with E-state index in [4.69, 9.17) is 5.73 Å². The van der Waals surface area contributed by atoms with Crippen LogP contribution >= 0.6 is 0 Å². The third-order valence-electron chi connectivity index (χ3n) is 3.46. The maximum atomic E-state index is 12.1. The Bertz CT molecular complexity index is 505. The molecule has 2 amide bonds. The lowest BCUT2D eigenvalue weighted by atomic mass is 10.2. The molecule has 0 bridgehead atoms. The molecular formula is C13H21N5O2. The lowest BCUT2D eigenvalue weighted by Crippen LogP contribution is -2.46. The van der Waals surface area contributed by atoms with E-state index in [1.54, 1.807) is 22.7 Å². The van der Waals surface area contributed by atoms with Gasteiger partial charge in [0, 0.05) is 25.8 Å². The molecule has 3 N–H and O–H groups in total. The van der Waals surface area contributed by atoms with Crippen LogP contribution in [-0.4, -0.2) is 45.6 Å². The largest absolute Gasteiger partial charge is 0.396 e. The van der Waals surface area contributed by atoms with Crippen molar-refractivity contribution < 1.29 is 9.59 Å². The first kappa shape index (κ1) is 14.4. The van der Waals surface area contributed by atoms with Gasteiger partial charge in [0.25, 0.3) is 5.91 Å². The molecule has 1 fully saturated rings. The number of nitrogens with zero attached hydrogens (tertiary/aromatic N) is 3. The Kier molecular flexibility index (Phi) is 4.26. The molecule has 1 aliphatic rings. The number of aryl methyl sites for hydroxylation is 1. The number of nitrogen functional groups attached to an aromatic ring is 1. The van der Waals surface area contributed by atoms with E-state index in [-0.39, 0.29) is 11.6 Å². The van der Waals surface area contributed by atoms with E-state index >= 15 is 0 Å². The predicted octanol–water partition coefficient (Wildman–Crippen LogP) is 0.226. The van der Waals surface area contributed by atoms with Crippen LogP contribution in [0.1, 0.15) is 37.2 Å². The second kappa shape index (κ2) is 5.94. The zero-order valence-corrected chi connectivity index (χ0v) is 11.9. The summed E-state index contributed by atoms with van der Waals surface area (Å²) >= 11 is 0. The van der Waals surface area contributed by atoms with Crippen molar-refractivity contribution in [3.8, 4) is 0 Å². The first-order valence-electron chi connectivity index (χ1n) is 6.95. The number of nitrogens with one attached hydrogen (secondary N) is 1. The van der Waals surface area contributed by atoms with Crippen molar-refractivity contribution in [2.45, 2.75) is 39.3 Å². The summed E-state index contributed by atoms with van der Waals surface area (Å²) in [5, 5.41) is 6.76. The van der Waals surface area contributed by atoms with Crippen LogP contribution in [-0.2, 0) is 11.3 Å². The summed E-state index contributed by atoms with van der Waals surface area (Å²) in [6.07, 6.45) is 3.67. The summed E-state index contributed by atoms with van der Waals surface area (Å²) in [5.74, 6) is -0.459. The number of hydrogen-bond donors (Lipinski definition) is 2. The maximum Gasteiger partial charge on any atom is 0.274 e. The summed E-state index contributed by atoms with van der Waals surface area (Å²) < 4.78 is 1.59. The van der Waals surface area contributed by atoms with Gasteiger partial charge in [0.15, 0.2) is 5.69 Å². The van der Waals surface area contributed by atoms with Gasteiger partial charge < -0.3 is 16.0 Å². The van der Waals surface area contributed by atoms with E-state index in [0.29, 0.717) is 12.2 Å². The van der Waals surface area contributed by atoms with Gasteiger partial charge in [0.05, 0.1) is 5.69 Å². The van der Waals surface area contributed by atoms with Gasteiger partial charge in [-0.3, -0.25) is 14.3 Å². The van der Waals surface area contributed by atoms with Crippen molar-refractivity contribution in [3.63, 3.8) is 0 Å². The number of anilines is 1. The number of carbonyl (C=O) groups excluding carboxylic acids is 2. The Labute approximate surface area is 118 Å². The van der Waals surface area contributed by atoms with Gasteiger partial charge in [0.1, 0.15) is 6.04 Å². The van der Waals surface area contributed by atoms with Gasteiger partial charge in [-0.25, -0.2) is 0 Å². The summed E-state index contributed by atoms with van der Waals surface area (Å²) in [4.78, 5) is 26.0. The van der Waals surface area contributed by atoms with Gasteiger partial charge in [-0.1, -0.05) is 0 Å². The minimum absolute atomic E-state index is 0.0515. The average molecular weight is 279 g/mol. The van der Waals surface area contributed by atoms with Gasteiger partial charge in [-0.15, -0.1) is 0 Å². The SMILES string of the molecule is CCn1cc(N)c(C(=O)NC(C)C(=O)N2CCCC2)n1. The minimum Gasteiger partial charge on any atom is -0.396 e. The molecule has 0 saturated carbocycles. The zero-order chi connectivity index (χ0) is 14.7. The van der Waals surface area contributed by atoms with Crippen molar-refractivity contribution in [2.24, 2.45) is 0 Å². The fraction of sp³-hybridized carbons (Fsp3) is 0.615. The molecule has 20 heavy (non-hydrogen) atoms. The molecule has 2 rings (SSSR count). The van der Waals surface area contributed by atoms with E-state index in [2.05, 4.69) is 10.4 Å². The quantitative estimate of drug-likeness (QED) is 0.825. The standard InChI is InChI=1S/C13H21N5O2/c1-3-18-8-10(14)11(16-18)12(19)15-9(2)13(20)17-6-4-5-7-17/h8-9H,3-7,14H2,1-2H3,(H,15,19). The van der Waals surface area contributed by atoms with Crippen LogP contribution in [0.2, 0.25) is 0 Å². The van der Waals surface area contributed by atoms with Crippen LogP contribution in [0.25, 0.3) is 0 Å². The molecule has 1 aliphatic heterocycles. The fourth-order valence-electron chi connectivity index (χ4n) is 2.31. The highest BCUT2D eigenvalue weighted by molar-refractivity contribution is 5.99. The lowest BCUT2D eigenvalue weighted by molar-refractivity contribution is -0.131. The molecular weight excluding hydrogens is 258 g/mol. The van der Waals surface area contributed by atoms with Crippen LogP contribution in [0.5, 0.6) is 0 Å². The summed E-state index contributed by atoms with van der Waals surface area (Å²) in [7, 11) is 0. The Morgan fingerprint density at radius 3 is 2.65 bits per heavy atom. The van der Waals surface area contributed by atoms with Gasteiger partial charge >= 0.3 is 0 Å². The van der Waals surface area contributed by atoms with Crippen molar-refractivity contribution >= 4 is 17.5 Å². The Morgan fingerprint density at radius 2 is 2.10 bits per heavy atom. The number of hydrogen-bond acceptors (Lipinski definition) is 4. The zero-order valence-electron chi connectivity index (χ0n) is 11.9. The molecule has 1 saturated heterocycles. The fourth-order valence-corrected chi connectivity index (χ4v) is 2.31. The first-order chi connectivity index (χ1) is 9.52. The molecule has 0 aromatic carbocycles. The second-order valence-electron chi connectivity index (χ2n) is 5.02. The third kappa shape index (κ3) is 2.92. The molecule has 1 aromatic rings. The monoisotopic (exact) mass is 279 g/mol. The normalized spacial score (nSPS) is 16.2. The highest BCUT2D eigenvalue weighted by Gasteiger charge is 2.26. The topological polar surface area (TPSA) is 93.2 Å². The average Bonchev–Trinajstić information content (AvgIpc) is 3.06. The Balaban J connectivity index is 1.99. The van der Waals surface area contributed by atoms with Crippen molar-refractivity contribution in [2.75, 3.05) is 18.8 Å². The van der Waals surface area contributed by atoms with Crippen molar-refractivity contribution in [3.05, 3.63) is 11.9 Å². The van der Waals surface area contributed by atoms with Crippen LogP contribution < -0.4 is 11.1 Å². The maximum absolute atomic E-state index is 12.1. The van der Waals surface area contributed by atoms with E-state index in [0.717, 1.165) is 25.9 Å². The number of carbonyl (C=O) groups is 2. The highest BCUT2D eigenvalue weighted by Crippen LogP contribution is 2.11. The van der Waals surface area contributed by atoms with E-state index in [1.165, 1.54) is 0 Å². The van der Waals surface area contributed by atoms with Crippen LogP contribution in [0, 0.1) is 0 Å². The minimum atomic E-state index is -0.563. The Hall–Kier alpha value is -2.05. The van der Waals surface area contributed by atoms with Crippen LogP contribution in [0.15, 0.2) is 6.20 Å². The molecule has 2 heterocycles. The second-order valence-corrected chi connectivity index (χ2v) is 5.02. The molecule has 0 aliphatic carbocycles. The number of nitrogens with two attached hydrogens (primary N) is 1. The molecule has 7 nitrogen and oxygen atoms in total. The molecule has 110 valence electrons. The Morgan fingerprint density at radius 1 is 1.45 bits per heavy atom. The van der Waals surface area contributed by atoms with Gasteiger partial charge in [-0.2, -0.15) is 5.10 Å². The molecule has 7 heteroatoms. The summed E-state index contributed by atoms with van der Waals surface area (Å²) in [6, 6.07) is -0.563. The van der Waals surface area contributed by atoms with Crippen LogP contribution in [0.4, 0.5) is 5.69 Å². The molecule has 1 aromatic heterocycles. The molecule has 1 atom stereocenters.